The van der Waals surface area contributed by atoms with Crippen LogP contribution in [0.4, 0.5) is 5.69 Å². The number of nitrogens with zero attached hydrogens (tertiary/aromatic N) is 1. The predicted molar refractivity (Wildman–Crippen MR) is 104 cm³/mol. The zero-order valence-electron chi connectivity index (χ0n) is 14.9. The Morgan fingerprint density at radius 2 is 2.04 bits per heavy atom. The van der Waals surface area contributed by atoms with E-state index in [-0.39, 0.29) is 17.4 Å². The van der Waals surface area contributed by atoms with Gasteiger partial charge in [0.1, 0.15) is 6.04 Å². The third-order valence-corrected chi connectivity index (χ3v) is 6.63. The molecular formula is C20H20N2O4S. The first-order valence-electron chi connectivity index (χ1n) is 8.88. The fraction of sp³-hybridized carbons (Fsp3) is 0.350. The van der Waals surface area contributed by atoms with Crippen LogP contribution in [0.15, 0.2) is 42.5 Å². The first-order valence-corrected chi connectivity index (χ1v) is 9.87. The first kappa shape index (κ1) is 17.9. The number of hydrogen-bond donors (Lipinski definition) is 1. The Bertz CT molecular complexity index is 926. The summed E-state index contributed by atoms with van der Waals surface area (Å²) in [6.45, 7) is 1.60. The van der Waals surface area contributed by atoms with Crippen LogP contribution in [0.1, 0.15) is 19.8 Å². The van der Waals surface area contributed by atoms with Crippen LogP contribution in [-0.4, -0.2) is 46.0 Å². The van der Waals surface area contributed by atoms with E-state index < -0.39 is 17.9 Å². The highest BCUT2D eigenvalue weighted by molar-refractivity contribution is 8.01. The third kappa shape index (κ3) is 3.27. The number of carbonyl (C=O) groups excluding carboxylic acids is 3. The Morgan fingerprint density at radius 3 is 2.89 bits per heavy atom. The van der Waals surface area contributed by atoms with E-state index in [0.717, 1.165) is 17.2 Å². The van der Waals surface area contributed by atoms with Gasteiger partial charge in [0, 0.05) is 23.2 Å². The second-order valence-electron chi connectivity index (χ2n) is 6.95. The molecule has 0 unspecified atom stereocenters. The minimum absolute atomic E-state index is 0.0235. The van der Waals surface area contributed by atoms with Crippen molar-refractivity contribution in [3.63, 3.8) is 0 Å². The van der Waals surface area contributed by atoms with Gasteiger partial charge in [-0.1, -0.05) is 36.4 Å². The summed E-state index contributed by atoms with van der Waals surface area (Å²) in [5.41, 5.74) is 0.674. The maximum Gasteiger partial charge on any atom is 0.330 e. The maximum absolute atomic E-state index is 12.4. The van der Waals surface area contributed by atoms with Gasteiger partial charge in [0.05, 0.1) is 4.87 Å². The minimum atomic E-state index is -0.611. The molecule has 2 aliphatic heterocycles. The molecule has 2 aliphatic rings. The van der Waals surface area contributed by atoms with Crippen LogP contribution in [-0.2, 0) is 19.1 Å². The molecule has 1 N–H and O–H groups in total. The van der Waals surface area contributed by atoms with Crippen molar-refractivity contribution >= 4 is 46.0 Å². The number of amides is 2. The van der Waals surface area contributed by atoms with Crippen LogP contribution in [0.5, 0.6) is 0 Å². The smallest absolute Gasteiger partial charge is 0.330 e. The van der Waals surface area contributed by atoms with Crippen molar-refractivity contribution < 1.29 is 19.1 Å². The molecule has 2 aromatic rings. The number of thioether (sulfide) groups is 1. The fourth-order valence-corrected chi connectivity index (χ4v) is 5.17. The number of esters is 1. The molecule has 2 atom stereocenters. The number of nitrogens with one attached hydrogen (secondary N) is 1. The van der Waals surface area contributed by atoms with Gasteiger partial charge in [-0.05, 0) is 24.8 Å². The zero-order chi connectivity index (χ0) is 19.0. The van der Waals surface area contributed by atoms with Crippen molar-refractivity contribution in [2.24, 2.45) is 0 Å². The third-order valence-electron chi connectivity index (χ3n) is 5.13. The first-order chi connectivity index (χ1) is 13.0. The summed E-state index contributed by atoms with van der Waals surface area (Å²) in [5, 5.41) is 4.73. The zero-order valence-corrected chi connectivity index (χ0v) is 15.8. The van der Waals surface area contributed by atoms with E-state index >= 15 is 0 Å². The lowest BCUT2D eigenvalue weighted by molar-refractivity contribution is -0.155. The van der Waals surface area contributed by atoms with Gasteiger partial charge in [0.25, 0.3) is 5.91 Å². The number of fused-ring (bicyclic) bond motifs is 2. The quantitative estimate of drug-likeness (QED) is 0.821. The highest BCUT2D eigenvalue weighted by Gasteiger charge is 2.53. The molecule has 0 spiro atoms. The van der Waals surface area contributed by atoms with E-state index in [0.29, 0.717) is 17.9 Å². The molecule has 0 aromatic heterocycles. The minimum Gasteiger partial charge on any atom is -0.454 e. The van der Waals surface area contributed by atoms with E-state index in [2.05, 4.69) is 5.32 Å². The van der Waals surface area contributed by atoms with Gasteiger partial charge in [0.15, 0.2) is 6.61 Å². The number of rotatable bonds is 4. The van der Waals surface area contributed by atoms with Crippen molar-refractivity contribution in [3.05, 3.63) is 42.5 Å². The van der Waals surface area contributed by atoms with E-state index in [1.54, 1.807) is 16.7 Å². The molecule has 27 heavy (non-hydrogen) atoms. The van der Waals surface area contributed by atoms with E-state index in [1.807, 2.05) is 49.4 Å². The second kappa shape index (κ2) is 6.88. The fourth-order valence-electron chi connectivity index (χ4n) is 3.75. The lowest BCUT2D eigenvalue weighted by Crippen LogP contribution is -2.47. The van der Waals surface area contributed by atoms with Crippen LogP contribution >= 0.6 is 11.8 Å². The molecule has 0 saturated carbocycles. The summed E-state index contributed by atoms with van der Waals surface area (Å²) in [5.74, 6) is -0.438. The number of ether oxygens (including phenoxy) is 1. The molecule has 2 aromatic carbocycles. The van der Waals surface area contributed by atoms with E-state index in [1.165, 1.54) is 0 Å². The largest absolute Gasteiger partial charge is 0.454 e. The second-order valence-corrected chi connectivity index (χ2v) is 8.45. The number of anilines is 1. The Balaban J connectivity index is 1.38. The normalized spacial score (nSPS) is 24.1. The molecule has 4 rings (SSSR count). The molecule has 0 aliphatic carbocycles. The van der Waals surface area contributed by atoms with Crippen LogP contribution in [0.3, 0.4) is 0 Å². The van der Waals surface area contributed by atoms with Crippen molar-refractivity contribution in [1.82, 2.24) is 4.90 Å². The summed E-state index contributed by atoms with van der Waals surface area (Å²) in [6.07, 6.45) is 1.19. The SMILES string of the molecule is C[C@@]12CCC(=O)N1[C@@H](C(=O)OCC(=O)Nc1cccc3ccccc13)CS2. The molecular weight excluding hydrogens is 364 g/mol. The molecule has 2 heterocycles. The van der Waals surface area contributed by atoms with Crippen LogP contribution in [0.2, 0.25) is 0 Å². The molecule has 7 heteroatoms. The van der Waals surface area contributed by atoms with Gasteiger partial charge < -0.3 is 15.0 Å². The molecule has 6 nitrogen and oxygen atoms in total. The topological polar surface area (TPSA) is 75.7 Å². The van der Waals surface area contributed by atoms with Crippen molar-refractivity contribution in [1.29, 1.82) is 0 Å². The summed E-state index contributed by atoms with van der Waals surface area (Å²) < 4.78 is 5.22. The van der Waals surface area contributed by atoms with Gasteiger partial charge in [-0.3, -0.25) is 9.59 Å². The standard InChI is InChI=1S/C20H20N2O4S/c1-20-10-9-18(24)22(20)16(12-27-20)19(25)26-11-17(23)21-15-8-4-6-13-5-2-3-7-14(13)15/h2-8,16H,9-12H2,1H3,(H,21,23)/t16-,20-/m1/s1. The summed E-state index contributed by atoms with van der Waals surface area (Å²) in [4.78, 5) is 38.1. The molecule has 2 amide bonds. The van der Waals surface area contributed by atoms with Gasteiger partial charge in [-0.15, -0.1) is 11.8 Å². The number of carbonyl (C=O) groups is 3. The Morgan fingerprint density at radius 1 is 1.26 bits per heavy atom. The lowest BCUT2D eigenvalue weighted by Gasteiger charge is -2.29. The molecule has 0 bridgehead atoms. The summed E-state index contributed by atoms with van der Waals surface area (Å²) in [7, 11) is 0. The molecule has 0 radical (unpaired) electrons. The van der Waals surface area contributed by atoms with Crippen LogP contribution in [0, 0.1) is 0 Å². The van der Waals surface area contributed by atoms with Gasteiger partial charge in [-0.25, -0.2) is 4.79 Å². The van der Waals surface area contributed by atoms with Crippen molar-refractivity contribution in [2.75, 3.05) is 17.7 Å². The summed E-state index contributed by atoms with van der Waals surface area (Å²) >= 11 is 1.60. The van der Waals surface area contributed by atoms with Gasteiger partial charge in [-0.2, -0.15) is 0 Å². The highest BCUT2D eigenvalue weighted by Crippen LogP contribution is 2.47. The van der Waals surface area contributed by atoms with Crippen LogP contribution in [0.25, 0.3) is 10.8 Å². The average Bonchev–Trinajstić information content (AvgIpc) is 3.16. The Hall–Kier alpha value is -2.54. The predicted octanol–water partition coefficient (Wildman–Crippen LogP) is 2.78. The van der Waals surface area contributed by atoms with Gasteiger partial charge in [0.2, 0.25) is 5.91 Å². The van der Waals surface area contributed by atoms with Gasteiger partial charge >= 0.3 is 5.97 Å². The Kier molecular flexibility index (Phi) is 4.55. The summed E-state index contributed by atoms with van der Waals surface area (Å²) in [6, 6.07) is 12.7. The van der Waals surface area contributed by atoms with Crippen LogP contribution < -0.4 is 5.32 Å². The maximum atomic E-state index is 12.4. The monoisotopic (exact) mass is 384 g/mol. The number of benzene rings is 2. The molecule has 2 fully saturated rings. The van der Waals surface area contributed by atoms with E-state index in [9.17, 15) is 14.4 Å². The highest BCUT2D eigenvalue weighted by atomic mass is 32.2. The lowest BCUT2D eigenvalue weighted by atomic mass is 10.1. The van der Waals surface area contributed by atoms with Crippen molar-refractivity contribution in [3.8, 4) is 0 Å². The molecule has 2 saturated heterocycles. The Labute approximate surface area is 161 Å². The molecule has 140 valence electrons. The van der Waals surface area contributed by atoms with E-state index in [4.69, 9.17) is 4.74 Å². The number of hydrogen-bond acceptors (Lipinski definition) is 5. The van der Waals surface area contributed by atoms with Crippen molar-refractivity contribution in [2.45, 2.75) is 30.7 Å². The average molecular weight is 384 g/mol.